The maximum Gasteiger partial charge on any atom is 0.349 e. The van der Waals surface area contributed by atoms with E-state index in [4.69, 9.17) is 10.6 Å². The van der Waals surface area contributed by atoms with Gasteiger partial charge in [-0.15, -0.1) is 5.06 Å². The second-order valence-electron chi connectivity index (χ2n) is 5.22. The molecule has 1 aliphatic heterocycles. The maximum absolute atomic E-state index is 12.3. The van der Waals surface area contributed by atoms with Gasteiger partial charge in [-0.2, -0.15) is 0 Å². The SMILES string of the molecule is CCC(O)(O)SC(C)(ON1C(=O)c2cccc(N)c2C1=O)C(=O)O. The molecule has 2 amide bonds. The molecule has 0 spiro atoms. The summed E-state index contributed by atoms with van der Waals surface area (Å²) in [7, 11) is 0. The average Bonchev–Trinajstić information content (AvgIpc) is 2.73. The Morgan fingerprint density at radius 2 is 1.96 bits per heavy atom. The number of carboxylic acid groups (broad SMARTS) is 1. The molecular formula is C14H16N2O7S. The summed E-state index contributed by atoms with van der Waals surface area (Å²) in [6.07, 6.45) is -0.209. The molecule has 0 saturated heterocycles. The fourth-order valence-corrected chi connectivity index (χ4v) is 3.00. The molecule has 1 aromatic carbocycles. The number of amides is 2. The van der Waals surface area contributed by atoms with Gasteiger partial charge in [-0.3, -0.25) is 9.59 Å². The highest BCUT2D eigenvalue weighted by Crippen LogP contribution is 2.39. The standard InChI is InChI=1S/C14H16N2O7S/c1-3-14(21,22)24-13(2,12(19)20)23-16-10(17)7-5-4-6-8(15)9(7)11(16)18/h4-6,21-22H,3,15H2,1-2H3,(H,19,20). The molecular weight excluding hydrogens is 340 g/mol. The Balaban J connectivity index is 2.35. The van der Waals surface area contributed by atoms with Gasteiger partial charge in [0.05, 0.1) is 11.1 Å². The first-order valence-corrected chi connectivity index (χ1v) is 7.69. The maximum atomic E-state index is 12.3. The van der Waals surface area contributed by atoms with E-state index in [9.17, 15) is 29.7 Å². The third kappa shape index (κ3) is 3.08. The zero-order valence-electron chi connectivity index (χ0n) is 12.8. The van der Waals surface area contributed by atoms with Crippen LogP contribution in [0.2, 0.25) is 0 Å². The minimum Gasteiger partial charge on any atom is -0.478 e. The minimum atomic E-state index is -2.43. The number of anilines is 1. The summed E-state index contributed by atoms with van der Waals surface area (Å²) in [4.78, 5) is 38.9. The number of fused-ring (bicyclic) bond motifs is 1. The lowest BCUT2D eigenvalue weighted by molar-refractivity contribution is -0.182. The lowest BCUT2D eigenvalue weighted by Crippen LogP contribution is -2.47. The van der Waals surface area contributed by atoms with E-state index in [1.54, 1.807) is 0 Å². The number of nitrogens with zero attached hydrogens (tertiary/aromatic N) is 1. The molecule has 1 heterocycles. The fourth-order valence-electron chi connectivity index (χ4n) is 2.03. The highest BCUT2D eigenvalue weighted by atomic mass is 32.2. The molecule has 0 fully saturated rings. The van der Waals surface area contributed by atoms with Crippen LogP contribution in [0.4, 0.5) is 5.69 Å². The molecule has 0 bridgehead atoms. The molecule has 0 radical (unpaired) electrons. The first-order valence-electron chi connectivity index (χ1n) is 6.87. The van der Waals surface area contributed by atoms with Gasteiger partial charge in [-0.1, -0.05) is 13.0 Å². The van der Waals surface area contributed by atoms with E-state index in [0.29, 0.717) is 0 Å². The molecule has 1 aromatic rings. The van der Waals surface area contributed by atoms with Gasteiger partial charge in [-0.25, -0.2) is 9.63 Å². The van der Waals surface area contributed by atoms with E-state index in [1.807, 2.05) is 0 Å². The quantitative estimate of drug-likeness (QED) is 0.322. The average molecular weight is 356 g/mol. The van der Waals surface area contributed by atoms with Gasteiger partial charge >= 0.3 is 5.97 Å². The third-order valence-electron chi connectivity index (χ3n) is 3.38. The van der Waals surface area contributed by atoms with Crippen molar-refractivity contribution in [2.45, 2.75) is 30.3 Å². The Morgan fingerprint density at radius 1 is 1.33 bits per heavy atom. The van der Waals surface area contributed by atoms with Crippen molar-refractivity contribution in [3.8, 4) is 0 Å². The van der Waals surface area contributed by atoms with E-state index in [-0.39, 0.29) is 40.1 Å². The number of carbonyl (C=O) groups is 3. The van der Waals surface area contributed by atoms with Crippen LogP contribution in [0.25, 0.3) is 0 Å². The number of imide groups is 1. The zero-order chi connectivity index (χ0) is 18.3. The highest BCUT2D eigenvalue weighted by Gasteiger charge is 2.49. The van der Waals surface area contributed by atoms with E-state index in [2.05, 4.69) is 0 Å². The summed E-state index contributed by atoms with van der Waals surface area (Å²) in [5.74, 6) is -3.40. The van der Waals surface area contributed by atoms with Gasteiger partial charge in [0.25, 0.3) is 11.8 Å². The number of aliphatic hydroxyl groups is 2. The topological polar surface area (TPSA) is 150 Å². The van der Waals surface area contributed by atoms with Crippen LogP contribution in [0.5, 0.6) is 0 Å². The second kappa shape index (κ2) is 6.06. The normalized spacial score (nSPS) is 16.9. The molecule has 9 nitrogen and oxygen atoms in total. The van der Waals surface area contributed by atoms with Crippen LogP contribution in [0.1, 0.15) is 41.0 Å². The van der Waals surface area contributed by atoms with Crippen LogP contribution >= 0.6 is 11.8 Å². The summed E-state index contributed by atoms with van der Waals surface area (Å²) in [6.45, 7) is 2.42. The number of nitrogen functional groups attached to an aromatic ring is 1. The molecule has 5 N–H and O–H groups in total. The Labute approximate surface area is 141 Å². The van der Waals surface area contributed by atoms with Crippen molar-refractivity contribution in [2.75, 3.05) is 5.73 Å². The van der Waals surface area contributed by atoms with Crippen LogP contribution in [0, 0.1) is 0 Å². The van der Waals surface area contributed by atoms with Gasteiger partial charge in [-0.05, 0) is 30.8 Å². The summed E-state index contributed by atoms with van der Waals surface area (Å²) in [6, 6.07) is 4.24. The van der Waals surface area contributed by atoms with E-state index < -0.39 is 27.8 Å². The molecule has 1 aliphatic rings. The number of hydrogen-bond donors (Lipinski definition) is 4. The van der Waals surface area contributed by atoms with Gasteiger partial charge < -0.3 is 21.1 Å². The van der Waals surface area contributed by atoms with Crippen LogP contribution in [-0.4, -0.2) is 48.2 Å². The Bertz CT molecular complexity index is 721. The largest absolute Gasteiger partial charge is 0.478 e. The second-order valence-corrected chi connectivity index (χ2v) is 6.85. The van der Waals surface area contributed by atoms with Crippen molar-refractivity contribution >= 4 is 35.2 Å². The first kappa shape index (κ1) is 18.2. The molecule has 2 rings (SSSR count). The van der Waals surface area contributed by atoms with Crippen LogP contribution in [0.15, 0.2) is 18.2 Å². The molecule has 24 heavy (non-hydrogen) atoms. The van der Waals surface area contributed by atoms with Gasteiger partial charge in [0.1, 0.15) is 0 Å². The summed E-state index contributed by atoms with van der Waals surface area (Å²) in [5.41, 5.74) is 5.62. The molecule has 10 heteroatoms. The molecule has 0 aliphatic carbocycles. The first-order chi connectivity index (χ1) is 11.0. The number of benzene rings is 1. The van der Waals surface area contributed by atoms with Crippen molar-refractivity contribution in [1.29, 1.82) is 0 Å². The number of carboxylic acids is 1. The van der Waals surface area contributed by atoms with Crippen molar-refractivity contribution in [3.63, 3.8) is 0 Å². The zero-order valence-corrected chi connectivity index (χ0v) is 13.7. The van der Waals surface area contributed by atoms with Crippen molar-refractivity contribution < 1.29 is 34.5 Å². The Morgan fingerprint density at radius 3 is 2.46 bits per heavy atom. The third-order valence-corrected chi connectivity index (χ3v) is 4.64. The number of carbonyl (C=O) groups excluding carboxylic acids is 2. The number of aliphatic carboxylic acids is 1. The number of hydrogen-bond acceptors (Lipinski definition) is 8. The fraction of sp³-hybridized carbons (Fsp3) is 0.357. The lowest BCUT2D eigenvalue weighted by Gasteiger charge is -2.32. The van der Waals surface area contributed by atoms with E-state index in [1.165, 1.54) is 25.1 Å². The Kier molecular flexibility index (Phi) is 4.59. The summed E-state index contributed by atoms with van der Waals surface area (Å²) in [5, 5.41) is 26.6. The van der Waals surface area contributed by atoms with Crippen molar-refractivity contribution in [1.82, 2.24) is 5.06 Å². The summed E-state index contributed by atoms with van der Waals surface area (Å²) >= 11 is 0.143. The number of thioether (sulfide) groups is 1. The van der Waals surface area contributed by atoms with Crippen LogP contribution in [-0.2, 0) is 9.63 Å². The number of rotatable bonds is 6. The predicted octanol–water partition coefficient (Wildman–Crippen LogP) is 0.379. The van der Waals surface area contributed by atoms with Gasteiger partial charge in [0.15, 0.2) is 0 Å². The van der Waals surface area contributed by atoms with Crippen molar-refractivity contribution in [3.05, 3.63) is 29.3 Å². The van der Waals surface area contributed by atoms with E-state index >= 15 is 0 Å². The monoisotopic (exact) mass is 356 g/mol. The predicted molar refractivity (Wildman–Crippen MR) is 83.5 cm³/mol. The van der Waals surface area contributed by atoms with Crippen LogP contribution < -0.4 is 5.73 Å². The van der Waals surface area contributed by atoms with Crippen LogP contribution in [0.3, 0.4) is 0 Å². The molecule has 130 valence electrons. The highest BCUT2D eigenvalue weighted by molar-refractivity contribution is 8.02. The Hall–Kier alpha value is -2.14. The number of hydroxylamine groups is 2. The van der Waals surface area contributed by atoms with Gasteiger partial charge in [0.2, 0.25) is 10.1 Å². The number of nitrogens with two attached hydrogens (primary N) is 1. The lowest BCUT2D eigenvalue weighted by atomic mass is 10.1. The molecule has 1 atom stereocenters. The summed E-state index contributed by atoms with van der Waals surface area (Å²) < 4.78 is 0. The van der Waals surface area contributed by atoms with E-state index in [0.717, 1.165) is 6.92 Å². The van der Waals surface area contributed by atoms with Crippen molar-refractivity contribution in [2.24, 2.45) is 0 Å². The smallest absolute Gasteiger partial charge is 0.349 e. The molecule has 0 saturated carbocycles. The molecule has 1 unspecified atom stereocenters. The van der Waals surface area contributed by atoms with Gasteiger partial charge in [0, 0.05) is 12.1 Å². The molecule has 0 aromatic heterocycles. The minimum absolute atomic E-state index is 0.0208.